The van der Waals surface area contributed by atoms with E-state index in [1.807, 2.05) is 30.3 Å². The van der Waals surface area contributed by atoms with Crippen molar-refractivity contribution in [2.24, 2.45) is 0 Å². The summed E-state index contributed by atoms with van der Waals surface area (Å²) in [5.41, 5.74) is 1.70. The number of unbranched alkanes of at least 4 members (excludes halogenated alkanes) is 1. The fourth-order valence-electron chi connectivity index (χ4n) is 3.31. The third-order valence-electron chi connectivity index (χ3n) is 5.31. The maximum absolute atomic E-state index is 13.3. The second-order valence-electron chi connectivity index (χ2n) is 7.56. The molecule has 0 unspecified atom stereocenters. The Morgan fingerprint density at radius 1 is 0.938 bits per heavy atom. The van der Waals surface area contributed by atoms with E-state index in [9.17, 15) is 9.59 Å². The Labute approximate surface area is 190 Å². The summed E-state index contributed by atoms with van der Waals surface area (Å²) in [5.74, 6) is 1.59. The van der Waals surface area contributed by atoms with Gasteiger partial charge >= 0.3 is 0 Å². The van der Waals surface area contributed by atoms with E-state index >= 15 is 0 Å². The van der Waals surface area contributed by atoms with Crippen LogP contribution in [0.3, 0.4) is 0 Å². The van der Waals surface area contributed by atoms with E-state index in [1.54, 1.807) is 45.3 Å². The zero-order chi connectivity index (χ0) is 23.5. The molecule has 0 spiro atoms. The summed E-state index contributed by atoms with van der Waals surface area (Å²) >= 11 is 0. The van der Waals surface area contributed by atoms with Crippen LogP contribution in [-0.4, -0.2) is 50.6 Å². The van der Waals surface area contributed by atoms with Crippen molar-refractivity contribution in [3.05, 3.63) is 53.6 Å². The average Bonchev–Trinajstić information content (AvgIpc) is 2.82. The molecule has 2 aromatic carbocycles. The summed E-state index contributed by atoms with van der Waals surface area (Å²) in [7, 11) is 4.73. The largest absolute Gasteiger partial charge is 0.497 e. The fraction of sp³-hybridized carbons (Fsp3) is 0.440. The lowest BCUT2D eigenvalue weighted by atomic mass is 10.1. The number of hydrogen-bond acceptors (Lipinski definition) is 5. The Hall–Kier alpha value is -3.22. The lowest BCUT2D eigenvalue weighted by molar-refractivity contribution is -0.140. The molecule has 32 heavy (non-hydrogen) atoms. The number of carbonyl (C=O) groups excluding carboxylic acids is 2. The predicted molar refractivity (Wildman–Crippen MR) is 124 cm³/mol. The summed E-state index contributed by atoms with van der Waals surface area (Å²) in [5, 5.41) is 2.93. The molecule has 0 saturated carbocycles. The van der Waals surface area contributed by atoms with Crippen molar-refractivity contribution in [2.75, 3.05) is 27.9 Å². The first kappa shape index (κ1) is 25.0. The standard InChI is InChI=1S/C25H34N2O5/c1-6-7-14-26-25(29)18(2)27(17-19-8-11-21(30-3)12-9-19)24(28)16-20-10-13-22(31-4)23(15-20)32-5/h8-13,15,18H,6-7,14,16-17H2,1-5H3,(H,26,29)/t18-/m1/s1. The molecule has 1 atom stereocenters. The summed E-state index contributed by atoms with van der Waals surface area (Å²) < 4.78 is 15.8. The zero-order valence-electron chi connectivity index (χ0n) is 19.6. The molecule has 2 aromatic rings. The smallest absolute Gasteiger partial charge is 0.242 e. The maximum Gasteiger partial charge on any atom is 0.242 e. The van der Waals surface area contributed by atoms with E-state index in [0.717, 1.165) is 29.7 Å². The van der Waals surface area contributed by atoms with Crippen LogP contribution in [0.5, 0.6) is 17.2 Å². The molecule has 0 aliphatic carbocycles. The van der Waals surface area contributed by atoms with Crippen LogP contribution >= 0.6 is 0 Å². The van der Waals surface area contributed by atoms with Gasteiger partial charge in [0.25, 0.3) is 0 Å². The van der Waals surface area contributed by atoms with Gasteiger partial charge in [0.1, 0.15) is 11.8 Å². The first-order valence-corrected chi connectivity index (χ1v) is 10.8. The van der Waals surface area contributed by atoms with Gasteiger partial charge in [-0.3, -0.25) is 9.59 Å². The first-order chi connectivity index (χ1) is 15.4. The van der Waals surface area contributed by atoms with Crippen molar-refractivity contribution in [3.8, 4) is 17.2 Å². The van der Waals surface area contributed by atoms with Gasteiger partial charge in [0.2, 0.25) is 11.8 Å². The molecule has 7 heteroatoms. The van der Waals surface area contributed by atoms with Crippen LogP contribution in [0.4, 0.5) is 0 Å². The van der Waals surface area contributed by atoms with Crippen molar-refractivity contribution in [1.82, 2.24) is 10.2 Å². The Bertz CT molecular complexity index is 882. The second kappa shape index (κ2) is 12.6. The van der Waals surface area contributed by atoms with Gasteiger partial charge in [-0.1, -0.05) is 31.5 Å². The molecular weight excluding hydrogens is 408 g/mol. The maximum atomic E-state index is 13.3. The van der Waals surface area contributed by atoms with Gasteiger partial charge in [-0.2, -0.15) is 0 Å². The third-order valence-corrected chi connectivity index (χ3v) is 5.31. The van der Waals surface area contributed by atoms with E-state index < -0.39 is 6.04 Å². The fourth-order valence-corrected chi connectivity index (χ4v) is 3.31. The molecular formula is C25H34N2O5. The van der Waals surface area contributed by atoms with Crippen LogP contribution in [0.2, 0.25) is 0 Å². The summed E-state index contributed by atoms with van der Waals surface area (Å²) in [6.07, 6.45) is 2.03. The van der Waals surface area contributed by atoms with Gasteiger partial charge in [0.05, 0.1) is 27.8 Å². The van der Waals surface area contributed by atoms with Crippen molar-refractivity contribution in [1.29, 1.82) is 0 Å². The highest BCUT2D eigenvalue weighted by molar-refractivity contribution is 5.88. The number of ether oxygens (including phenoxy) is 3. The van der Waals surface area contributed by atoms with Crippen LogP contribution in [-0.2, 0) is 22.6 Å². The minimum atomic E-state index is -0.610. The topological polar surface area (TPSA) is 77.1 Å². The third kappa shape index (κ3) is 6.90. The molecule has 2 rings (SSSR count). The normalized spacial score (nSPS) is 11.4. The Morgan fingerprint density at radius 3 is 2.19 bits per heavy atom. The molecule has 0 bridgehead atoms. The molecule has 7 nitrogen and oxygen atoms in total. The van der Waals surface area contributed by atoms with Gasteiger partial charge in [-0.15, -0.1) is 0 Å². The number of methoxy groups -OCH3 is 3. The molecule has 0 fully saturated rings. The Morgan fingerprint density at radius 2 is 1.59 bits per heavy atom. The lowest BCUT2D eigenvalue weighted by Gasteiger charge is -2.29. The summed E-state index contributed by atoms with van der Waals surface area (Å²) in [4.78, 5) is 27.7. The average molecular weight is 443 g/mol. The molecule has 0 aliphatic rings. The van der Waals surface area contributed by atoms with E-state index in [-0.39, 0.29) is 18.2 Å². The van der Waals surface area contributed by atoms with E-state index in [1.165, 1.54) is 0 Å². The van der Waals surface area contributed by atoms with Crippen molar-refractivity contribution in [2.45, 2.75) is 45.7 Å². The Balaban J connectivity index is 2.23. The SMILES string of the molecule is CCCCNC(=O)[C@@H](C)N(Cc1ccc(OC)cc1)C(=O)Cc1ccc(OC)c(OC)c1. The van der Waals surface area contributed by atoms with Gasteiger partial charge in [-0.25, -0.2) is 0 Å². The van der Waals surface area contributed by atoms with Crippen molar-refractivity contribution < 1.29 is 23.8 Å². The highest BCUT2D eigenvalue weighted by Gasteiger charge is 2.26. The van der Waals surface area contributed by atoms with Crippen LogP contribution in [0.15, 0.2) is 42.5 Å². The molecule has 0 aromatic heterocycles. The van der Waals surface area contributed by atoms with Crippen LogP contribution in [0.25, 0.3) is 0 Å². The van der Waals surface area contributed by atoms with Crippen molar-refractivity contribution in [3.63, 3.8) is 0 Å². The molecule has 1 N–H and O–H groups in total. The van der Waals surface area contributed by atoms with Crippen LogP contribution < -0.4 is 19.5 Å². The minimum absolute atomic E-state index is 0.142. The number of amides is 2. The number of nitrogens with one attached hydrogen (secondary N) is 1. The number of hydrogen-bond donors (Lipinski definition) is 1. The van der Waals surface area contributed by atoms with Gasteiger partial charge in [-0.05, 0) is 48.7 Å². The number of rotatable bonds is 12. The highest BCUT2D eigenvalue weighted by Crippen LogP contribution is 2.28. The van der Waals surface area contributed by atoms with E-state index in [4.69, 9.17) is 14.2 Å². The zero-order valence-corrected chi connectivity index (χ0v) is 19.6. The predicted octanol–water partition coefficient (Wildman–Crippen LogP) is 3.59. The monoisotopic (exact) mass is 442 g/mol. The molecule has 174 valence electrons. The quantitative estimate of drug-likeness (QED) is 0.509. The molecule has 2 amide bonds. The number of nitrogens with zero attached hydrogens (tertiary/aromatic N) is 1. The molecule has 0 heterocycles. The van der Waals surface area contributed by atoms with E-state index in [2.05, 4.69) is 12.2 Å². The number of benzene rings is 2. The first-order valence-electron chi connectivity index (χ1n) is 10.8. The molecule has 0 aliphatic heterocycles. The van der Waals surface area contributed by atoms with Crippen LogP contribution in [0.1, 0.15) is 37.8 Å². The van der Waals surface area contributed by atoms with E-state index in [0.29, 0.717) is 24.6 Å². The van der Waals surface area contributed by atoms with Crippen molar-refractivity contribution >= 4 is 11.8 Å². The summed E-state index contributed by atoms with van der Waals surface area (Å²) in [6, 6.07) is 12.3. The molecule has 0 radical (unpaired) electrons. The molecule has 0 saturated heterocycles. The highest BCUT2D eigenvalue weighted by atomic mass is 16.5. The lowest BCUT2D eigenvalue weighted by Crippen LogP contribution is -2.48. The van der Waals surface area contributed by atoms with Gasteiger partial charge < -0.3 is 24.4 Å². The Kier molecular flexibility index (Phi) is 9.85. The second-order valence-corrected chi connectivity index (χ2v) is 7.56. The van der Waals surface area contributed by atoms with Gasteiger partial charge in [0.15, 0.2) is 11.5 Å². The van der Waals surface area contributed by atoms with Crippen LogP contribution in [0, 0.1) is 0 Å². The number of carbonyl (C=O) groups is 2. The minimum Gasteiger partial charge on any atom is -0.497 e. The summed E-state index contributed by atoms with van der Waals surface area (Å²) in [6.45, 7) is 4.74. The van der Waals surface area contributed by atoms with Gasteiger partial charge in [0, 0.05) is 13.1 Å².